The standard InChI is InChI=1S/2C8H16N2O4S2/c2*9-5(7(11)12)1-3-15-16-4-2-6(10)8(13)14/h2*5-6H,1-4,9-10H2,(H,11,12)(H,13,14)/t5-,6-;/m0./s1. The van der Waals surface area contributed by atoms with Gasteiger partial charge in [0.05, 0.1) is 0 Å². The van der Waals surface area contributed by atoms with E-state index >= 15 is 0 Å². The Labute approximate surface area is 202 Å². The first kappa shape index (κ1) is 33.3. The molecule has 12 nitrogen and oxygen atoms in total. The van der Waals surface area contributed by atoms with Crippen LogP contribution in [0.15, 0.2) is 0 Å². The molecule has 16 heteroatoms. The quantitative estimate of drug-likeness (QED) is 0.0843. The summed E-state index contributed by atoms with van der Waals surface area (Å²) in [5.74, 6) is -1.50. The number of rotatable bonds is 18. The van der Waals surface area contributed by atoms with Crippen LogP contribution in [0.1, 0.15) is 25.7 Å². The van der Waals surface area contributed by atoms with Crippen LogP contribution in [0.2, 0.25) is 0 Å². The fraction of sp³-hybridized carbons (Fsp3) is 0.750. The van der Waals surface area contributed by atoms with Crippen LogP contribution < -0.4 is 22.9 Å². The number of carboxylic acid groups (broad SMARTS) is 4. The molecular formula is C16H32N4O8S4. The Balaban J connectivity index is 0. The van der Waals surface area contributed by atoms with Gasteiger partial charge in [-0.2, -0.15) is 0 Å². The number of nitrogens with two attached hydrogens (primary N) is 4. The lowest BCUT2D eigenvalue weighted by Gasteiger charge is -2.06. The third-order valence-electron chi connectivity index (χ3n) is 3.48. The molecule has 0 bridgehead atoms. The van der Waals surface area contributed by atoms with Gasteiger partial charge in [0.25, 0.3) is 0 Å². The molecule has 4 atom stereocenters. The van der Waals surface area contributed by atoms with Crippen molar-refractivity contribution in [1.29, 1.82) is 0 Å². The normalized spacial score (nSPS) is 14.4. The fourth-order valence-electron chi connectivity index (χ4n) is 1.43. The van der Waals surface area contributed by atoms with Gasteiger partial charge in [-0.25, -0.2) is 0 Å². The maximum Gasteiger partial charge on any atom is 0.320 e. The maximum absolute atomic E-state index is 10.4. The molecule has 0 aromatic rings. The van der Waals surface area contributed by atoms with Crippen molar-refractivity contribution in [3.8, 4) is 0 Å². The lowest BCUT2D eigenvalue weighted by molar-refractivity contribution is -0.139. The summed E-state index contributed by atoms with van der Waals surface area (Å²) in [6.45, 7) is 0. The Morgan fingerprint density at radius 3 is 0.750 bits per heavy atom. The van der Waals surface area contributed by atoms with Crippen molar-refractivity contribution < 1.29 is 39.6 Å². The summed E-state index contributed by atoms with van der Waals surface area (Å²) >= 11 is 0. The molecule has 0 aromatic carbocycles. The monoisotopic (exact) mass is 536 g/mol. The van der Waals surface area contributed by atoms with Crippen molar-refractivity contribution in [2.75, 3.05) is 23.0 Å². The molecular weight excluding hydrogens is 504 g/mol. The highest BCUT2D eigenvalue weighted by atomic mass is 33.1. The third kappa shape index (κ3) is 21.0. The predicted octanol–water partition coefficient (Wildman–Crippen LogP) is -0.0564. The van der Waals surface area contributed by atoms with Crippen molar-refractivity contribution in [2.45, 2.75) is 49.9 Å². The van der Waals surface area contributed by atoms with Gasteiger partial charge in [-0.1, -0.05) is 43.2 Å². The molecule has 0 aromatic heterocycles. The minimum absolute atomic E-state index is 0.401. The van der Waals surface area contributed by atoms with E-state index in [1.165, 1.54) is 43.2 Å². The molecule has 2 unspecified atom stereocenters. The van der Waals surface area contributed by atoms with Gasteiger partial charge >= 0.3 is 23.9 Å². The first-order chi connectivity index (χ1) is 14.9. The second-order valence-corrected chi connectivity index (χ2v) is 11.6. The van der Waals surface area contributed by atoms with E-state index in [9.17, 15) is 19.2 Å². The van der Waals surface area contributed by atoms with E-state index in [0.29, 0.717) is 48.7 Å². The predicted molar refractivity (Wildman–Crippen MR) is 131 cm³/mol. The van der Waals surface area contributed by atoms with Crippen molar-refractivity contribution in [2.24, 2.45) is 22.9 Å². The summed E-state index contributed by atoms with van der Waals surface area (Å²) in [7, 11) is 5.91. The average molecular weight is 537 g/mol. The second-order valence-electron chi connectivity index (χ2n) is 6.22. The molecule has 0 rings (SSSR count). The van der Waals surface area contributed by atoms with Crippen LogP contribution in [0, 0.1) is 0 Å². The van der Waals surface area contributed by atoms with Gasteiger partial charge in [0, 0.05) is 23.0 Å². The molecule has 0 aliphatic carbocycles. The number of carboxylic acids is 4. The van der Waals surface area contributed by atoms with E-state index in [4.69, 9.17) is 43.4 Å². The van der Waals surface area contributed by atoms with Gasteiger partial charge in [0.15, 0.2) is 0 Å². The van der Waals surface area contributed by atoms with Crippen LogP contribution in [0.5, 0.6) is 0 Å². The summed E-state index contributed by atoms with van der Waals surface area (Å²) < 4.78 is 0. The molecule has 0 aliphatic heterocycles. The molecule has 0 heterocycles. The zero-order valence-electron chi connectivity index (χ0n) is 17.3. The molecule has 0 fully saturated rings. The minimum Gasteiger partial charge on any atom is -0.480 e. The first-order valence-corrected chi connectivity index (χ1v) is 14.3. The SMILES string of the molecule is NC(CCSSCCC(N)C(=O)O)C(=O)O.N[C@@H](CCSSCC[C@H](N)C(=O)O)C(=O)O. The minimum atomic E-state index is -1.00. The van der Waals surface area contributed by atoms with Crippen molar-refractivity contribution in [1.82, 2.24) is 0 Å². The summed E-state index contributed by atoms with van der Waals surface area (Å²) in [5, 5.41) is 34.0. The molecule has 12 N–H and O–H groups in total. The number of aliphatic carboxylic acids is 4. The van der Waals surface area contributed by atoms with Gasteiger partial charge in [-0.3, -0.25) is 19.2 Å². The Hall–Kier alpha value is -0.880. The topological polar surface area (TPSA) is 253 Å². The van der Waals surface area contributed by atoms with Gasteiger partial charge in [-0.15, -0.1) is 0 Å². The molecule has 0 amide bonds. The Bertz CT molecular complexity index is 480. The molecule has 0 spiro atoms. The van der Waals surface area contributed by atoms with Crippen molar-refractivity contribution >= 4 is 67.1 Å². The Morgan fingerprint density at radius 2 is 0.625 bits per heavy atom. The lowest BCUT2D eigenvalue weighted by Crippen LogP contribution is -2.30. The smallest absolute Gasteiger partial charge is 0.320 e. The largest absolute Gasteiger partial charge is 0.480 e. The highest BCUT2D eigenvalue weighted by Gasteiger charge is 2.13. The van der Waals surface area contributed by atoms with Crippen LogP contribution in [0.4, 0.5) is 0 Å². The van der Waals surface area contributed by atoms with Crippen LogP contribution in [-0.2, 0) is 19.2 Å². The summed E-state index contributed by atoms with van der Waals surface area (Å²) in [6, 6.07) is -3.30. The van der Waals surface area contributed by atoms with E-state index < -0.39 is 48.0 Å². The molecule has 0 radical (unpaired) electrons. The molecule has 188 valence electrons. The van der Waals surface area contributed by atoms with Crippen LogP contribution >= 0.6 is 43.2 Å². The number of hydrogen-bond donors (Lipinski definition) is 8. The second kappa shape index (κ2) is 20.7. The van der Waals surface area contributed by atoms with Gasteiger partial charge < -0.3 is 43.4 Å². The summed E-state index contributed by atoms with van der Waals surface area (Å²) in [5.41, 5.74) is 21.2. The fourth-order valence-corrected chi connectivity index (χ4v) is 5.87. The van der Waals surface area contributed by atoms with Crippen LogP contribution in [-0.4, -0.2) is 91.5 Å². The van der Waals surface area contributed by atoms with Crippen molar-refractivity contribution in [3.05, 3.63) is 0 Å². The zero-order chi connectivity index (χ0) is 25.1. The van der Waals surface area contributed by atoms with Crippen LogP contribution in [0.3, 0.4) is 0 Å². The molecule has 0 aliphatic rings. The van der Waals surface area contributed by atoms with Crippen LogP contribution in [0.25, 0.3) is 0 Å². The first-order valence-electron chi connectivity index (χ1n) is 9.32. The van der Waals surface area contributed by atoms with E-state index in [-0.39, 0.29) is 0 Å². The van der Waals surface area contributed by atoms with Gasteiger partial charge in [-0.05, 0) is 25.7 Å². The van der Waals surface area contributed by atoms with E-state index in [0.717, 1.165) is 0 Å². The zero-order valence-corrected chi connectivity index (χ0v) is 20.6. The Morgan fingerprint density at radius 1 is 0.469 bits per heavy atom. The third-order valence-corrected chi connectivity index (χ3v) is 8.43. The maximum atomic E-state index is 10.4. The van der Waals surface area contributed by atoms with E-state index in [2.05, 4.69) is 0 Å². The van der Waals surface area contributed by atoms with E-state index in [1.807, 2.05) is 0 Å². The van der Waals surface area contributed by atoms with Gasteiger partial charge in [0.1, 0.15) is 24.2 Å². The summed E-state index contributed by atoms with van der Waals surface area (Å²) in [4.78, 5) is 41.4. The van der Waals surface area contributed by atoms with Gasteiger partial charge in [0.2, 0.25) is 0 Å². The number of hydrogen-bond acceptors (Lipinski definition) is 12. The highest BCUT2D eigenvalue weighted by molar-refractivity contribution is 8.77. The van der Waals surface area contributed by atoms with Crippen molar-refractivity contribution in [3.63, 3.8) is 0 Å². The summed E-state index contributed by atoms with van der Waals surface area (Å²) in [6.07, 6.45) is 1.60. The Kier molecular flexibility index (Phi) is 21.5. The lowest BCUT2D eigenvalue weighted by atomic mass is 10.2. The number of carbonyl (C=O) groups is 4. The van der Waals surface area contributed by atoms with E-state index in [1.54, 1.807) is 0 Å². The molecule has 32 heavy (non-hydrogen) atoms. The highest BCUT2D eigenvalue weighted by Crippen LogP contribution is 2.24. The average Bonchev–Trinajstić information content (AvgIpc) is 2.72. The molecule has 0 saturated carbocycles. The molecule has 0 saturated heterocycles.